The summed E-state index contributed by atoms with van der Waals surface area (Å²) in [5, 5.41) is 0.608. The van der Waals surface area contributed by atoms with Gasteiger partial charge in [0.25, 0.3) is 6.36 Å². The second-order valence-corrected chi connectivity index (χ2v) is 6.23. The van der Waals surface area contributed by atoms with Crippen LogP contribution in [-0.4, -0.2) is 21.7 Å². The number of rotatable bonds is 6. The minimum absolute atomic E-state index is 0.0190. The summed E-state index contributed by atoms with van der Waals surface area (Å²) in [7, 11) is 0. The molecule has 0 bridgehead atoms. The number of ether oxygens (including phenoxy) is 1. The molecule has 0 aliphatic carbocycles. The highest BCUT2D eigenvalue weighted by Gasteiger charge is 2.39. The molecule has 2 rings (SSSR count). The molecule has 0 aliphatic rings. The number of halogens is 3. The van der Waals surface area contributed by atoms with Crippen molar-refractivity contribution in [3.05, 3.63) is 47.0 Å². The Morgan fingerprint density at radius 2 is 2.18 bits per heavy atom. The Hall–Kier alpha value is -1.59. The number of hydrogen-bond acceptors (Lipinski definition) is 3. The number of hydrogen-bond donors (Lipinski definition) is 0. The molecule has 0 radical (unpaired) electrons. The lowest BCUT2D eigenvalue weighted by Crippen LogP contribution is -2.40. The van der Waals surface area contributed by atoms with E-state index in [9.17, 15) is 9.18 Å². The standard InChI is InChI=1S/C15H15Cl2FN2O2/c1-15(2,13(21)8-20-6-5-19-9-20)14(18)22-12-4-3-10(16)7-11(12)17/h3-7,9,14H,8H2,1-2H3. The first kappa shape index (κ1) is 16.8. The molecule has 1 heterocycles. The van der Waals surface area contributed by atoms with Gasteiger partial charge in [0, 0.05) is 17.4 Å². The highest BCUT2D eigenvalue weighted by molar-refractivity contribution is 6.35. The number of alkyl halides is 1. The molecule has 0 spiro atoms. The summed E-state index contributed by atoms with van der Waals surface area (Å²) in [6.45, 7) is 2.99. The summed E-state index contributed by atoms with van der Waals surface area (Å²) >= 11 is 11.7. The molecule has 7 heteroatoms. The quantitative estimate of drug-likeness (QED) is 0.790. The molecule has 0 saturated heterocycles. The van der Waals surface area contributed by atoms with E-state index in [1.807, 2.05) is 0 Å². The number of carbonyl (C=O) groups excluding carboxylic acids is 1. The Labute approximate surface area is 137 Å². The molecule has 1 atom stereocenters. The fourth-order valence-corrected chi connectivity index (χ4v) is 2.16. The van der Waals surface area contributed by atoms with Crippen molar-refractivity contribution in [2.75, 3.05) is 0 Å². The van der Waals surface area contributed by atoms with Crippen LogP contribution in [0.15, 0.2) is 36.9 Å². The van der Waals surface area contributed by atoms with Crippen molar-refractivity contribution in [3.8, 4) is 5.75 Å². The van der Waals surface area contributed by atoms with Gasteiger partial charge in [-0.05, 0) is 32.0 Å². The Morgan fingerprint density at radius 3 is 2.77 bits per heavy atom. The number of carbonyl (C=O) groups is 1. The molecule has 1 aromatic heterocycles. The zero-order valence-corrected chi connectivity index (χ0v) is 13.6. The first-order valence-electron chi connectivity index (χ1n) is 6.55. The summed E-state index contributed by atoms with van der Waals surface area (Å²) in [5.74, 6) is -0.176. The second-order valence-electron chi connectivity index (χ2n) is 5.39. The minimum atomic E-state index is -1.85. The molecule has 1 unspecified atom stereocenters. The fraction of sp³-hybridized carbons (Fsp3) is 0.333. The summed E-state index contributed by atoms with van der Waals surface area (Å²) in [6.07, 6.45) is 2.84. The number of aromatic nitrogens is 2. The Kier molecular flexibility index (Phi) is 5.08. The largest absolute Gasteiger partial charge is 0.458 e. The van der Waals surface area contributed by atoms with E-state index in [2.05, 4.69) is 4.98 Å². The monoisotopic (exact) mass is 344 g/mol. The molecule has 118 valence electrons. The third-order valence-electron chi connectivity index (χ3n) is 3.30. The van der Waals surface area contributed by atoms with E-state index in [-0.39, 0.29) is 23.1 Å². The van der Waals surface area contributed by atoms with Crippen molar-refractivity contribution in [1.82, 2.24) is 9.55 Å². The van der Waals surface area contributed by atoms with Gasteiger partial charge < -0.3 is 9.30 Å². The number of Topliss-reactive ketones (excluding diaryl/α,β-unsaturated/α-hetero) is 1. The summed E-state index contributed by atoms with van der Waals surface area (Å²) < 4.78 is 21.2. The van der Waals surface area contributed by atoms with Crippen molar-refractivity contribution in [3.63, 3.8) is 0 Å². The maximum atomic E-state index is 14.5. The van der Waals surface area contributed by atoms with Gasteiger partial charge in [-0.3, -0.25) is 4.79 Å². The molecule has 0 saturated carbocycles. The van der Waals surface area contributed by atoms with Crippen LogP contribution in [0.2, 0.25) is 10.0 Å². The Bertz CT molecular complexity index is 660. The Morgan fingerprint density at radius 1 is 1.45 bits per heavy atom. The number of benzene rings is 1. The molecule has 0 fully saturated rings. The lowest BCUT2D eigenvalue weighted by Gasteiger charge is -2.27. The van der Waals surface area contributed by atoms with Crippen LogP contribution in [0.25, 0.3) is 0 Å². The molecular weight excluding hydrogens is 330 g/mol. The van der Waals surface area contributed by atoms with Gasteiger partial charge in [-0.25, -0.2) is 9.37 Å². The van der Waals surface area contributed by atoms with Crippen LogP contribution >= 0.6 is 23.2 Å². The number of imidazole rings is 1. The van der Waals surface area contributed by atoms with Crippen molar-refractivity contribution < 1.29 is 13.9 Å². The molecule has 0 aliphatic heterocycles. The Balaban J connectivity index is 2.09. The highest BCUT2D eigenvalue weighted by Crippen LogP contribution is 2.33. The van der Waals surface area contributed by atoms with Gasteiger partial charge in [0.15, 0.2) is 5.78 Å². The van der Waals surface area contributed by atoms with E-state index in [1.54, 1.807) is 17.0 Å². The summed E-state index contributed by atoms with van der Waals surface area (Å²) in [5.41, 5.74) is -1.34. The first-order chi connectivity index (χ1) is 10.3. The van der Waals surface area contributed by atoms with Gasteiger partial charge in [0.2, 0.25) is 0 Å². The van der Waals surface area contributed by atoms with Crippen LogP contribution in [0.4, 0.5) is 4.39 Å². The van der Waals surface area contributed by atoms with Gasteiger partial charge in [-0.15, -0.1) is 0 Å². The highest BCUT2D eigenvalue weighted by atomic mass is 35.5. The normalized spacial score (nSPS) is 13.0. The van der Waals surface area contributed by atoms with Crippen LogP contribution in [0, 0.1) is 5.41 Å². The van der Waals surface area contributed by atoms with Crippen molar-refractivity contribution >= 4 is 29.0 Å². The zero-order valence-electron chi connectivity index (χ0n) is 12.1. The third-order valence-corrected chi connectivity index (χ3v) is 3.83. The van der Waals surface area contributed by atoms with Gasteiger partial charge in [-0.1, -0.05) is 23.2 Å². The maximum Gasteiger partial charge on any atom is 0.250 e. The minimum Gasteiger partial charge on any atom is -0.458 e. The smallest absolute Gasteiger partial charge is 0.250 e. The molecule has 0 amide bonds. The van der Waals surface area contributed by atoms with Crippen molar-refractivity contribution in [2.24, 2.45) is 5.41 Å². The SMILES string of the molecule is CC(C)(C(=O)Cn1ccnc1)C(F)Oc1ccc(Cl)cc1Cl. The van der Waals surface area contributed by atoms with Gasteiger partial charge in [0.1, 0.15) is 5.75 Å². The topological polar surface area (TPSA) is 44.1 Å². The molecule has 0 N–H and O–H groups in total. The zero-order chi connectivity index (χ0) is 16.3. The average Bonchev–Trinajstić information content (AvgIpc) is 2.94. The van der Waals surface area contributed by atoms with Crippen LogP contribution in [0.3, 0.4) is 0 Å². The summed E-state index contributed by atoms with van der Waals surface area (Å²) in [4.78, 5) is 16.1. The van der Waals surface area contributed by atoms with Gasteiger partial charge in [-0.2, -0.15) is 0 Å². The number of nitrogens with zero attached hydrogens (tertiary/aromatic N) is 2. The lowest BCUT2D eigenvalue weighted by atomic mass is 9.87. The van der Waals surface area contributed by atoms with Crippen LogP contribution < -0.4 is 4.74 Å². The van der Waals surface area contributed by atoms with Crippen LogP contribution in [0.5, 0.6) is 5.75 Å². The third kappa shape index (κ3) is 3.78. The second kappa shape index (κ2) is 6.67. The fourth-order valence-electron chi connectivity index (χ4n) is 1.71. The van der Waals surface area contributed by atoms with Gasteiger partial charge in [0.05, 0.1) is 23.3 Å². The molecule has 4 nitrogen and oxygen atoms in total. The molecule has 2 aromatic rings. The molecule has 1 aromatic carbocycles. The van der Waals surface area contributed by atoms with Crippen LogP contribution in [0.1, 0.15) is 13.8 Å². The maximum absolute atomic E-state index is 14.5. The lowest BCUT2D eigenvalue weighted by molar-refractivity contribution is -0.139. The first-order valence-corrected chi connectivity index (χ1v) is 7.31. The van der Waals surface area contributed by atoms with E-state index >= 15 is 0 Å². The predicted octanol–water partition coefficient (Wildman–Crippen LogP) is 4.16. The van der Waals surface area contributed by atoms with Crippen molar-refractivity contribution in [1.29, 1.82) is 0 Å². The average molecular weight is 345 g/mol. The van der Waals surface area contributed by atoms with E-state index in [0.29, 0.717) is 5.02 Å². The predicted molar refractivity (Wildman–Crippen MR) is 83.0 cm³/mol. The van der Waals surface area contributed by atoms with E-state index in [4.69, 9.17) is 27.9 Å². The molecular formula is C15H15Cl2FN2O2. The molecule has 22 heavy (non-hydrogen) atoms. The van der Waals surface area contributed by atoms with Gasteiger partial charge >= 0.3 is 0 Å². The van der Waals surface area contributed by atoms with E-state index < -0.39 is 11.8 Å². The number of ketones is 1. The summed E-state index contributed by atoms with van der Waals surface area (Å²) in [6, 6.07) is 4.45. The van der Waals surface area contributed by atoms with Crippen LogP contribution in [-0.2, 0) is 11.3 Å². The van der Waals surface area contributed by atoms with E-state index in [1.165, 1.54) is 38.4 Å². The van der Waals surface area contributed by atoms with E-state index in [0.717, 1.165) is 0 Å². The van der Waals surface area contributed by atoms with Crippen molar-refractivity contribution in [2.45, 2.75) is 26.7 Å².